The molecule has 0 radical (unpaired) electrons. The molecule has 7 heteroatoms. The summed E-state index contributed by atoms with van der Waals surface area (Å²) in [6.45, 7) is 0.276. The quantitative estimate of drug-likeness (QED) is 0.360. The molecule has 2 heterocycles. The fourth-order valence-corrected chi connectivity index (χ4v) is 4.08. The van der Waals surface area contributed by atoms with E-state index in [1.165, 1.54) is 4.57 Å². The number of amides is 2. The van der Waals surface area contributed by atoms with Crippen LogP contribution in [0.4, 0.5) is 5.69 Å². The highest BCUT2D eigenvalue weighted by molar-refractivity contribution is 6.05. The molecule has 0 aliphatic heterocycles. The van der Waals surface area contributed by atoms with Crippen LogP contribution in [0.25, 0.3) is 21.9 Å². The number of hydrogen-bond acceptors (Lipinski definition) is 4. The molecule has 0 aliphatic carbocycles. The van der Waals surface area contributed by atoms with Crippen molar-refractivity contribution in [3.8, 4) is 11.1 Å². The van der Waals surface area contributed by atoms with Gasteiger partial charge in [-0.05, 0) is 76.7 Å². The normalized spacial score (nSPS) is 10.7. The predicted octanol–water partition coefficient (Wildman–Crippen LogP) is 4.78. The summed E-state index contributed by atoms with van der Waals surface area (Å²) in [7, 11) is 1.69. The number of rotatable bonds is 6. The number of benzene rings is 3. The standard InChI is InChI=1S/C30H24N4O3/c1-34-16-13-23-9-10-26(18-27(23)30(34)37)33-29(36)25-4-2-3-20(17-25)19-32-28(35)24-7-5-21(6-8-24)22-11-14-31-15-12-22/h2-18H,19H2,1H3,(H,32,35)(H,33,36). The second kappa shape index (κ2) is 10.3. The van der Waals surface area contributed by atoms with Crippen LogP contribution in [0.3, 0.4) is 0 Å². The Morgan fingerprint density at radius 2 is 1.57 bits per heavy atom. The molecule has 0 fully saturated rings. The summed E-state index contributed by atoms with van der Waals surface area (Å²) in [5, 5.41) is 7.11. The Kier molecular flexibility index (Phi) is 6.59. The number of aryl methyl sites for hydroxylation is 1. The zero-order valence-corrected chi connectivity index (χ0v) is 20.1. The Hall–Kier alpha value is -5.04. The number of nitrogens with one attached hydrogen (secondary N) is 2. The molecule has 5 aromatic rings. The highest BCUT2D eigenvalue weighted by Crippen LogP contribution is 2.19. The number of fused-ring (bicyclic) bond motifs is 1. The average Bonchev–Trinajstić information content (AvgIpc) is 2.94. The number of nitrogens with zero attached hydrogens (tertiary/aromatic N) is 2. The third kappa shape index (κ3) is 5.31. The number of pyridine rings is 2. The largest absolute Gasteiger partial charge is 0.348 e. The van der Waals surface area contributed by atoms with Crippen molar-refractivity contribution in [1.29, 1.82) is 0 Å². The molecule has 0 saturated carbocycles. The van der Waals surface area contributed by atoms with Crippen molar-refractivity contribution >= 4 is 28.3 Å². The van der Waals surface area contributed by atoms with Gasteiger partial charge in [0.2, 0.25) is 0 Å². The minimum atomic E-state index is -0.299. The lowest BCUT2D eigenvalue weighted by molar-refractivity contribution is 0.0950. The second-order valence-electron chi connectivity index (χ2n) is 8.68. The van der Waals surface area contributed by atoms with Crippen LogP contribution in [0.1, 0.15) is 26.3 Å². The van der Waals surface area contributed by atoms with Gasteiger partial charge in [-0.25, -0.2) is 0 Å². The van der Waals surface area contributed by atoms with Gasteiger partial charge in [-0.2, -0.15) is 0 Å². The van der Waals surface area contributed by atoms with Crippen LogP contribution in [-0.4, -0.2) is 21.4 Å². The summed E-state index contributed by atoms with van der Waals surface area (Å²) in [4.78, 5) is 42.0. The maximum atomic E-state index is 12.9. The molecule has 0 saturated heterocycles. The Morgan fingerprint density at radius 3 is 2.35 bits per heavy atom. The molecule has 0 aliphatic rings. The van der Waals surface area contributed by atoms with E-state index >= 15 is 0 Å². The topological polar surface area (TPSA) is 93.1 Å². The summed E-state index contributed by atoms with van der Waals surface area (Å²) in [5.41, 5.74) is 4.24. The molecule has 2 aromatic heterocycles. The highest BCUT2D eigenvalue weighted by atomic mass is 16.2. The van der Waals surface area contributed by atoms with E-state index < -0.39 is 0 Å². The van der Waals surface area contributed by atoms with E-state index in [4.69, 9.17) is 0 Å². The van der Waals surface area contributed by atoms with Crippen molar-refractivity contribution in [2.24, 2.45) is 7.05 Å². The van der Waals surface area contributed by atoms with Gasteiger partial charge in [0.15, 0.2) is 0 Å². The predicted molar refractivity (Wildman–Crippen MR) is 144 cm³/mol. The van der Waals surface area contributed by atoms with Gasteiger partial charge in [0, 0.05) is 54.4 Å². The molecule has 37 heavy (non-hydrogen) atoms. The van der Waals surface area contributed by atoms with Crippen LogP contribution in [0.2, 0.25) is 0 Å². The molecule has 0 atom stereocenters. The fourth-order valence-electron chi connectivity index (χ4n) is 4.08. The van der Waals surface area contributed by atoms with Crippen LogP contribution >= 0.6 is 0 Å². The number of hydrogen-bond donors (Lipinski definition) is 2. The van der Waals surface area contributed by atoms with E-state index in [9.17, 15) is 14.4 Å². The van der Waals surface area contributed by atoms with E-state index in [0.29, 0.717) is 22.2 Å². The summed E-state index contributed by atoms with van der Waals surface area (Å²) in [6, 6.07) is 25.4. The minimum absolute atomic E-state index is 0.127. The zero-order valence-electron chi connectivity index (χ0n) is 20.1. The summed E-state index contributed by atoms with van der Waals surface area (Å²) in [6.07, 6.45) is 5.17. The van der Waals surface area contributed by atoms with Crippen molar-refractivity contribution in [3.63, 3.8) is 0 Å². The van der Waals surface area contributed by atoms with Crippen LogP contribution in [-0.2, 0) is 13.6 Å². The molecular weight excluding hydrogens is 464 g/mol. The van der Waals surface area contributed by atoms with E-state index in [2.05, 4.69) is 15.6 Å². The van der Waals surface area contributed by atoms with Gasteiger partial charge in [-0.1, -0.05) is 30.3 Å². The summed E-state index contributed by atoms with van der Waals surface area (Å²) >= 11 is 0. The number of carbonyl (C=O) groups excluding carboxylic acids is 2. The molecule has 0 bridgehead atoms. The molecule has 3 aromatic carbocycles. The molecule has 2 amide bonds. The summed E-state index contributed by atoms with van der Waals surface area (Å²) in [5.74, 6) is -0.499. The van der Waals surface area contributed by atoms with Gasteiger partial charge >= 0.3 is 0 Å². The fraction of sp³-hybridized carbons (Fsp3) is 0.0667. The van der Waals surface area contributed by atoms with Gasteiger partial charge in [0.1, 0.15) is 0 Å². The molecule has 0 unspecified atom stereocenters. The van der Waals surface area contributed by atoms with E-state index in [1.807, 2.05) is 42.5 Å². The Balaban J connectivity index is 1.24. The Bertz CT molecular complexity index is 1660. The van der Waals surface area contributed by atoms with Gasteiger partial charge in [0.05, 0.1) is 0 Å². The highest BCUT2D eigenvalue weighted by Gasteiger charge is 2.10. The Labute approximate surface area is 213 Å². The van der Waals surface area contributed by atoms with Gasteiger partial charge in [-0.15, -0.1) is 0 Å². The lowest BCUT2D eigenvalue weighted by atomic mass is 10.0. The minimum Gasteiger partial charge on any atom is -0.348 e. The van der Waals surface area contributed by atoms with Crippen molar-refractivity contribution in [3.05, 3.63) is 131 Å². The smallest absolute Gasteiger partial charge is 0.258 e. The van der Waals surface area contributed by atoms with Crippen molar-refractivity contribution in [2.45, 2.75) is 6.54 Å². The molecule has 5 rings (SSSR count). The first kappa shape index (κ1) is 23.7. The number of anilines is 1. The van der Waals surface area contributed by atoms with Crippen molar-refractivity contribution in [1.82, 2.24) is 14.9 Å². The molecule has 2 N–H and O–H groups in total. The first-order valence-electron chi connectivity index (χ1n) is 11.8. The maximum absolute atomic E-state index is 12.9. The lowest BCUT2D eigenvalue weighted by Crippen LogP contribution is -2.23. The van der Waals surface area contributed by atoms with Gasteiger partial charge in [0.25, 0.3) is 17.4 Å². The SMILES string of the molecule is Cn1ccc2ccc(NC(=O)c3cccc(CNC(=O)c4ccc(-c5ccncc5)cc4)c3)cc2c1=O. The van der Waals surface area contributed by atoms with Gasteiger partial charge in [-0.3, -0.25) is 19.4 Å². The Morgan fingerprint density at radius 1 is 0.811 bits per heavy atom. The third-order valence-corrected chi connectivity index (χ3v) is 6.14. The molecule has 0 spiro atoms. The number of aromatic nitrogens is 2. The molecule has 7 nitrogen and oxygen atoms in total. The van der Waals surface area contributed by atoms with Gasteiger partial charge < -0.3 is 15.2 Å². The summed E-state index contributed by atoms with van der Waals surface area (Å²) < 4.78 is 1.50. The van der Waals surface area contributed by atoms with Crippen molar-refractivity contribution in [2.75, 3.05) is 5.32 Å². The lowest BCUT2D eigenvalue weighted by Gasteiger charge is -2.10. The molecule has 182 valence electrons. The number of carbonyl (C=O) groups is 2. The van der Waals surface area contributed by atoms with Crippen LogP contribution in [0.15, 0.2) is 108 Å². The van der Waals surface area contributed by atoms with Crippen LogP contribution < -0.4 is 16.2 Å². The zero-order chi connectivity index (χ0) is 25.8. The monoisotopic (exact) mass is 488 g/mol. The second-order valence-corrected chi connectivity index (χ2v) is 8.68. The van der Waals surface area contributed by atoms with E-state index in [0.717, 1.165) is 22.1 Å². The van der Waals surface area contributed by atoms with Crippen LogP contribution in [0.5, 0.6) is 0 Å². The first-order chi connectivity index (χ1) is 18.0. The molecular formula is C30H24N4O3. The average molecular weight is 489 g/mol. The third-order valence-electron chi connectivity index (χ3n) is 6.14. The first-order valence-corrected chi connectivity index (χ1v) is 11.8. The van der Waals surface area contributed by atoms with Crippen LogP contribution in [0, 0.1) is 0 Å². The van der Waals surface area contributed by atoms with E-state index in [1.54, 1.807) is 68.1 Å². The van der Waals surface area contributed by atoms with Crippen molar-refractivity contribution < 1.29 is 9.59 Å². The maximum Gasteiger partial charge on any atom is 0.258 e. The van der Waals surface area contributed by atoms with E-state index in [-0.39, 0.29) is 23.9 Å².